The highest BCUT2D eigenvalue weighted by Gasteiger charge is 2.19. The standard InChI is InChI=1S/C11H9NO4/c1-15-11(14)8-4-2-7(3-5-8)9-6-10(13)16-12-9/h2-5H,6H2,1H3. The molecule has 16 heavy (non-hydrogen) atoms. The lowest BCUT2D eigenvalue weighted by molar-refractivity contribution is -0.140. The summed E-state index contributed by atoms with van der Waals surface area (Å²) in [4.78, 5) is 26.5. The van der Waals surface area contributed by atoms with Gasteiger partial charge in [0.15, 0.2) is 0 Å². The molecule has 5 nitrogen and oxygen atoms in total. The van der Waals surface area contributed by atoms with Crippen LogP contribution in [0.3, 0.4) is 0 Å². The molecular formula is C11H9NO4. The van der Waals surface area contributed by atoms with Gasteiger partial charge in [0.1, 0.15) is 0 Å². The summed E-state index contributed by atoms with van der Waals surface area (Å²) in [7, 11) is 1.32. The highest BCUT2D eigenvalue weighted by Crippen LogP contribution is 2.13. The predicted octanol–water partition coefficient (Wildman–Crippen LogP) is 1.12. The lowest BCUT2D eigenvalue weighted by Gasteiger charge is -2.00. The van der Waals surface area contributed by atoms with Crippen molar-refractivity contribution in [3.05, 3.63) is 35.4 Å². The van der Waals surface area contributed by atoms with Crippen LogP contribution >= 0.6 is 0 Å². The minimum absolute atomic E-state index is 0.164. The Morgan fingerprint density at radius 3 is 2.56 bits per heavy atom. The van der Waals surface area contributed by atoms with Crippen LogP contribution in [-0.4, -0.2) is 24.8 Å². The molecule has 1 aliphatic rings. The van der Waals surface area contributed by atoms with E-state index in [-0.39, 0.29) is 12.4 Å². The fourth-order valence-corrected chi connectivity index (χ4v) is 1.38. The first-order valence-corrected chi connectivity index (χ1v) is 4.66. The summed E-state index contributed by atoms with van der Waals surface area (Å²) in [6.45, 7) is 0. The van der Waals surface area contributed by atoms with Crippen LogP contribution in [0.2, 0.25) is 0 Å². The molecule has 0 amide bonds. The van der Waals surface area contributed by atoms with Crippen molar-refractivity contribution in [2.24, 2.45) is 5.16 Å². The van der Waals surface area contributed by atoms with Crippen molar-refractivity contribution in [2.75, 3.05) is 7.11 Å². The molecule has 5 heteroatoms. The first-order valence-electron chi connectivity index (χ1n) is 4.66. The van der Waals surface area contributed by atoms with Gasteiger partial charge in [-0.1, -0.05) is 17.3 Å². The molecule has 0 fully saturated rings. The van der Waals surface area contributed by atoms with E-state index in [0.717, 1.165) is 5.56 Å². The van der Waals surface area contributed by atoms with Crippen LogP contribution in [0.15, 0.2) is 29.4 Å². The Morgan fingerprint density at radius 2 is 2.06 bits per heavy atom. The zero-order valence-electron chi connectivity index (χ0n) is 8.60. The molecule has 1 aromatic rings. The number of ether oxygens (including phenoxy) is 1. The van der Waals surface area contributed by atoms with Gasteiger partial charge in [-0.3, -0.25) is 0 Å². The fourth-order valence-electron chi connectivity index (χ4n) is 1.38. The monoisotopic (exact) mass is 219 g/mol. The Kier molecular flexibility index (Phi) is 2.68. The topological polar surface area (TPSA) is 65.0 Å². The second kappa shape index (κ2) is 4.14. The molecule has 0 N–H and O–H groups in total. The van der Waals surface area contributed by atoms with E-state index in [2.05, 4.69) is 14.7 Å². The summed E-state index contributed by atoms with van der Waals surface area (Å²) in [6.07, 6.45) is 0.164. The summed E-state index contributed by atoms with van der Waals surface area (Å²) in [6, 6.07) is 6.64. The smallest absolute Gasteiger partial charge is 0.341 e. The van der Waals surface area contributed by atoms with E-state index in [4.69, 9.17) is 0 Å². The molecule has 0 spiro atoms. The largest absolute Gasteiger partial charge is 0.465 e. The van der Waals surface area contributed by atoms with Gasteiger partial charge in [-0.25, -0.2) is 9.59 Å². The van der Waals surface area contributed by atoms with Gasteiger partial charge in [0.25, 0.3) is 0 Å². The fraction of sp³-hybridized carbons (Fsp3) is 0.182. The number of benzene rings is 1. The van der Waals surface area contributed by atoms with Crippen LogP contribution in [0.1, 0.15) is 22.3 Å². The highest BCUT2D eigenvalue weighted by atomic mass is 16.7. The van der Waals surface area contributed by atoms with Gasteiger partial charge in [0, 0.05) is 0 Å². The van der Waals surface area contributed by atoms with Crippen molar-refractivity contribution < 1.29 is 19.2 Å². The van der Waals surface area contributed by atoms with Gasteiger partial charge in [-0.15, -0.1) is 0 Å². The summed E-state index contributed by atoms with van der Waals surface area (Å²) in [5.74, 6) is -0.765. The summed E-state index contributed by atoms with van der Waals surface area (Å²) >= 11 is 0. The van der Waals surface area contributed by atoms with E-state index >= 15 is 0 Å². The van der Waals surface area contributed by atoms with Crippen molar-refractivity contribution >= 4 is 17.7 Å². The molecule has 1 aromatic carbocycles. The van der Waals surface area contributed by atoms with E-state index in [0.29, 0.717) is 11.3 Å². The third kappa shape index (κ3) is 1.93. The van der Waals surface area contributed by atoms with E-state index in [1.165, 1.54) is 7.11 Å². The van der Waals surface area contributed by atoms with Crippen LogP contribution in [0.5, 0.6) is 0 Å². The maximum atomic E-state index is 11.2. The maximum Gasteiger partial charge on any atom is 0.341 e. The number of carbonyl (C=O) groups is 2. The van der Waals surface area contributed by atoms with E-state index in [9.17, 15) is 9.59 Å². The molecule has 2 rings (SSSR count). The Morgan fingerprint density at radius 1 is 1.38 bits per heavy atom. The van der Waals surface area contributed by atoms with E-state index in [1.807, 2.05) is 0 Å². The second-order valence-electron chi connectivity index (χ2n) is 3.25. The first kappa shape index (κ1) is 10.4. The normalized spacial score (nSPS) is 14.3. The Balaban J connectivity index is 2.20. The van der Waals surface area contributed by atoms with Crippen LogP contribution in [0.4, 0.5) is 0 Å². The van der Waals surface area contributed by atoms with Gasteiger partial charge < -0.3 is 9.57 Å². The summed E-state index contributed by atoms with van der Waals surface area (Å²) < 4.78 is 4.57. The molecule has 0 saturated carbocycles. The SMILES string of the molecule is COC(=O)c1ccc(C2=NOC(=O)C2)cc1. The average Bonchev–Trinajstić information content (AvgIpc) is 2.75. The maximum absolute atomic E-state index is 11.2. The predicted molar refractivity (Wildman–Crippen MR) is 55.0 cm³/mol. The van der Waals surface area contributed by atoms with E-state index < -0.39 is 5.97 Å². The van der Waals surface area contributed by atoms with Gasteiger partial charge in [-0.2, -0.15) is 0 Å². The molecule has 1 heterocycles. The summed E-state index contributed by atoms with van der Waals surface area (Å²) in [5, 5.41) is 3.63. The molecule has 0 radical (unpaired) electrons. The Hall–Kier alpha value is -2.17. The number of oxime groups is 1. The highest BCUT2D eigenvalue weighted by molar-refractivity contribution is 6.11. The molecule has 0 bridgehead atoms. The number of carbonyl (C=O) groups excluding carboxylic acids is 2. The third-order valence-corrected chi connectivity index (χ3v) is 2.21. The number of rotatable bonds is 2. The van der Waals surface area contributed by atoms with Crippen LogP contribution < -0.4 is 0 Å². The van der Waals surface area contributed by atoms with Gasteiger partial charge in [-0.05, 0) is 17.7 Å². The minimum Gasteiger partial charge on any atom is -0.465 e. The van der Waals surface area contributed by atoms with Crippen LogP contribution in [0, 0.1) is 0 Å². The van der Waals surface area contributed by atoms with Gasteiger partial charge in [0.2, 0.25) is 0 Å². The molecule has 0 saturated heterocycles. The average molecular weight is 219 g/mol. The van der Waals surface area contributed by atoms with Crippen molar-refractivity contribution in [3.63, 3.8) is 0 Å². The summed E-state index contributed by atoms with van der Waals surface area (Å²) in [5.41, 5.74) is 1.79. The third-order valence-electron chi connectivity index (χ3n) is 2.21. The number of esters is 1. The molecule has 0 atom stereocenters. The van der Waals surface area contributed by atoms with Gasteiger partial charge in [0.05, 0.1) is 24.8 Å². The van der Waals surface area contributed by atoms with Crippen molar-refractivity contribution in [3.8, 4) is 0 Å². The van der Waals surface area contributed by atoms with Crippen molar-refractivity contribution in [2.45, 2.75) is 6.42 Å². The van der Waals surface area contributed by atoms with E-state index in [1.54, 1.807) is 24.3 Å². The molecule has 1 aliphatic heterocycles. The van der Waals surface area contributed by atoms with Crippen molar-refractivity contribution in [1.29, 1.82) is 0 Å². The number of nitrogens with zero attached hydrogens (tertiary/aromatic N) is 1. The number of methoxy groups -OCH3 is 1. The van der Waals surface area contributed by atoms with Crippen LogP contribution in [0.25, 0.3) is 0 Å². The first-order chi connectivity index (χ1) is 7.70. The molecule has 0 unspecified atom stereocenters. The number of hydrogen-bond acceptors (Lipinski definition) is 5. The second-order valence-corrected chi connectivity index (χ2v) is 3.25. The Bertz CT molecular complexity index is 461. The minimum atomic E-state index is -0.396. The molecule has 82 valence electrons. The lowest BCUT2D eigenvalue weighted by atomic mass is 10.1. The van der Waals surface area contributed by atoms with Crippen LogP contribution in [-0.2, 0) is 14.4 Å². The zero-order chi connectivity index (χ0) is 11.5. The lowest BCUT2D eigenvalue weighted by Crippen LogP contribution is -2.03. The van der Waals surface area contributed by atoms with Crippen molar-refractivity contribution in [1.82, 2.24) is 0 Å². The zero-order valence-corrected chi connectivity index (χ0v) is 8.60. The molecule has 0 aliphatic carbocycles. The molecular weight excluding hydrogens is 210 g/mol. The Labute approximate surface area is 91.6 Å². The van der Waals surface area contributed by atoms with Gasteiger partial charge >= 0.3 is 11.9 Å². The molecule has 0 aromatic heterocycles. The quantitative estimate of drug-likeness (QED) is 0.552. The number of hydrogen-bond donors (Lipinski definition) is 0.